The topological polar surface area (TPSA) is 71.7 Å². The molecule has 2 unspecified atom stereocenters. The number of carboxylic acids is 1. The first-order valence-corrected chi connectivity index (χ1v) is 7.25. The Morgan fingerprint density at radius 1 is 1.48 bits per heavy atom. The second kappa shape index (κ2) is 5.87. The molecule has 1 fully saturated rings. The Kier molecular flexibility index (Phi) is 3.94. The summed E-state index contributed by atoms with van der Waals surface area (Å²) < 4.78 is 11.3. The van der Waals surface area contributed by atoms with E-state index in [2.05, 4.69) is 12.2 Å². The molecule has 21 heavy (non-hydrogen) atoms. The third-order valence-corrected chi connectivity index (χ3v) is 3.99. The molecule has 0 bridgehead atoms. The maximum absolute atomic E-state index is 11.5. The quantitative estimate of drug-likeness (QED) is 0.885. The molecule has 0 saturated carbocycles. The van der Waals surface area contributed by atoms with Crippen molar-refractivity contribution >= 4 is 16.9 Å². The predicted molar refractivity (Wildman–Crippen MR) is 78.4 cm³/mol. The predicted octanol–water partition coefficient (Wildman–Crippen LogP) is 2.79. The van der Waals surface area contributed by atoms with E-state index in [0.29, 0.717) is 23.3 Å². The number of ether oxygens (including phenoxy) is 1. The lowest BCUT2D eigenvalue weighted by atomic mass is 10.1. The molecule has 1 aromatic carbocycles. The Hall–Kier alpha value is -1.85. The fourth-order valence-electron chi connectivity index (χ4n) is 2.84. The summed E-state index contributed by atoms with van der Waals surface area (Å²) in [5.74, 6) is -0.491. The van der Waals surface area contributed by atoms with E-state index in [1.165, 1.54) is 0 Å². The minimum atomic E-state index is -0.957. The van der Waals surface area contributed by atoms with E-state index in [1.807, 2.05) is 12.1 Å². The van der Waals surface area contributed by atoms with Crippen molar-refractivity contribution in [3.8, 4) is 0 Å². The summed E-state index contributed by atoms with van der Waals surface area (Å²) in [6, 6.07) is 7.38. The molecule has 5 heteroatoms. The number of fused-ring (bicyclic) bond motifs is 1. The Balaban J connectivity index is 1.79. The first-order chi connectivity index (χ1) is 10.2. The third-order valence-electron chi connectivity index (χ3n) is 3.99. The highest BCUT2D eigenvalue weighted by atomic mass is 16.5. The van der Waals surface area contributed by atoms with E-state index in [4.69, 9.17) is 9.15 Å². The summed E-state index contributed by atoms with van der Waals surface area (Å²) >= 11 is 0. The minimum absolute atomic E-state index is 0.169. The van der Waals surface area contributed by atoms with Crippen molar-refractivity contribution in [2.24, 2.45) is 0 Å². The average Bonchev–Trinajstić information content (AvgIpc) is 3.11. The third kappa shape index (κ3) is 2.80. The van der Waals surface area contributed by atoms with Gasteiger partial charge in [-0.1, -0.05) is 18.2 Å². The number of hydrogen-bond donors (Lipinski definition) is 2. The van der Waals surface area contributed by atoms with Gasteiger partial charge in [0.15, 0.2) is 0 Å². The molecule has 5 nitrogen and oxygen atoms in total. The maximum Gasteiger partial charge on any atom is 0.339 e. The number of nitrogens with one attached hydrogen (secondary N) is 1. The zero-order valence-corrected chi connectivity index (χ0v) is 12.0. The summed E-state index contributed by atoms with van der Waals surface area (Å²) in [5.41, 5.74) is 0.856. The zero-order valence-electron chi connectivity index (χ0n) is 12.0. The van der Waals surface area contributed by atoms with Crippen molar-refractivity contribution in [3.05, 3.63) is 35.6 Å². The number of carboxylic acid groups (broad SMARTS) is 1. The molecule has 3 rings (SSSR count). The van der Waals surface area contributed by atoms with Crippen molar-refractivity contribution in [1.82, 2.24) is 5.32 Å². The molecule has 1 saturated heterocycles. The molecule has 2 heterocycles. The first kappa shape index (κ1) is 14.1. The van der Waals surface area contributed by atoms with Gasteiger partial charge in [-0.05, 0) is 25.8 Å². The smallest absolute Gasteiger partial charge is 0.339 e. The van der Waals surface area contributed by atoms with Crippen LogP contribution < -0.4 is 5.32 Å². The SMILES string of the molecule is CC(NCc1oc2ccccc2c1C(=O)O)C1CCCO1. The summed E-state index contributed by atoms with van der Waals surface area (Å²) in [7, 11) is 0. The summed E-state index contributed by atoms with van der Waals surface area (Å²) in [4.78, 5) is 11.5. The lowest BCUT2D eigenvalue weighted by Gasteiger charge is -2.19. The van der Waals surface area contributed by atoms with Gasteiger partial charge in [0.25, 0.3) is 0 Å². The average molecular weight is 289 g/mol. The lowest BCUT2D eigenvalue weighted by molar-refractivity contribution is 0.0694. The number of benzene rings is 1. The first-order valence-electron chi connectivity index (χ1n) is 7.25. The Labute approximate surface area is 122 Å². The maximum atomic E-state index is 11.5. The Morgan fingerprint density at radius 2 is 2.29 bits per heavy atom. The van der Waals surface area contributed by atoms with Crippen molar-refractivity contribution < 1.29 is 19.1 Å². The molecule has 2 atom stereocenters. The van der Waals surface area contributed by atoms with Gasteiger partial charge in [0.05, 0.1) is 12.6 Å². The van der Waals surface area contributed by atoms with E-state index >= 15 is 0 Å². The van der Waals surface area contributed by atoms with Gasteiger partial charge in [0.2, 0.25) is 0 Å². The molecular formula is C16H19NO4. The van der Waals surface area contributed by atoms with Crippen LogP contribution in [-0.2, 0) is 11.3 Å². The molecule has 0 spiro atoms. The van der Waals surface area contributed by atoms with Crippen molar-refractivity contribution in [1.29, 1.82) is 0 Å². The van der Waals surface area contributed by atoms with E-state index in [1.54, 1.807) is 12.1 Å². The number of rotatable bonds is 5. The molecule has 0 amide bonds. The summed E-state index contributed by atoms with van der Waals surface area (Å²) in [6.45, 7) is 3.25. The van der Waals surface area contributed by atoms with Crippen LogP contribution in [0.1, 0.15) is 35.9 Å². The molecule has 112 valence electrons. The summed E-state index contributed by atoms with van der Waals surface area (Å²) in [6.07, 6.45) is 2.32. The van der Waals surface area contributed by atoms with Gasteiger partial charge in [-0.25, -0.2) is 4.79 Å². The van der Waals surface area contributed by atoms with Crippen LogP contribution in [0.3, 0.4) is 0 Å². The highest BCUT2D eigenvalue weighted by molar-refractivity contribution is 6.03. The molecule has 1 aliphatic rings. The fourth-order valence-corrected chi connectivity index (χ4v) is 2.84. The zero-order chi connectivity index (χ0) is 14.8. The normalized spacial score (nSPS) is 20.0. The van der Waals surface area contributed by atoms with Crippen LogP contribution >= 0.6 is 0 Å². The van der Waals surface area contributed by atoms with Crippen LogP contribution in [0.2, 0.25) is 0 Å². The number of aromatic carboxylic acids is 1. The molecule has 0 radical (unpaired) electrons. The van der Waals surface area contributed by atoms with Gasteiger partial charge in [-0.3, -0.25) is 0 Å². The van der Waals surface area contributed by atoms with Crippen molar-refractivity contribution in [2.45, 2.75) is 38.5 Å². The van der Waals surface area contributed by atoms with Gasteiger partial charge in [-0.2, -0.15) is 0 Å². The van der Waals surface area contributed by atoms with Gasteiger partial charge in [-0.15, -0.1) is 0 Å². The highest BCUT2D eigenvalue weighted by Gasteiger charge is 2.24. The van der Waals surface area contributed by atoms with E-state index < -0.39 is 5.97 Å². The number of para-hydroxylation sites is 1. The van der Waals surface area contributed by atoms with Gasteiger partial charge < -0.3 is 19.6 Å². The van der Waals surface area contributed by atoms with Crippen LogP contribution in [0, 0.1) is 0 Å². The minimum Gasteiger partial charge on any atom is -0.478 e. The van der Waals surface area contributed by atoms with Crippen LogP contribution in [0.5, 0.6) is 0 Å². The lowest BCUT2D eigenvalue weighted by Crippen LogP contribution is -2.36. The van der Waals surface area contributed by atoms with Crippen LogP contribution in [0.15, 0.2) is 28.7 Å². The summed E-state index contributed by atoms with van der Waals surface area (Å²) in [5, 5.41) is 13.4. The Bertz CT molecular complexity index is 643. The van der Waals surface area contributed by atoms with Crippen LogP contribution in [-0.4, -0.2) is 29.8 Å². The molecule has 0 aliphatic carbocycles. The molecule has 2 N–H and O–H groups in total. The van der Waals surface area contributed by atoms with Gasteiger partial charge in [0, 0.05) is 18.0 Å². The van der Waals surface area contributed by atoms with Gasteiger partial charge in [0.1, 0.15) is 16.9 Å². The number of carbonyl (C=O) groups is 1. The second-order valence-corrected chi connectivity index (χ2v) is 5.42. The molecule has 1 aliphatic heterocycles. The van der Waals surface area contributed by atoms with E-state index in [-0.39, 0.29) is 17.7 Å². The van der Waals surface area contributed by atoms with Gasteiger partial charge >= 0.3 is 5.97 Å². The second-order valence-electron chi connectivity index (χ2n) is 5.42. The standard InChI is InChI=1S/C16H19NO4/c1-10(12-7-4-8-20-12)17-9-14-15(16(18)19)11-5-2-3-6-13(11)21-14/h2-3,5-6,10,12,17H,4,7-9H2,1H3,(H,18,19). The Morgan fingerprint density at radius 3 is 3.00 bits per heavy atom. The molecular weight excluding hydrogens is 270 g/mol. The van der Waals surface area contributed by atoms with Crippen LogP contribution in [0.4, 0.5) is 0 Å². The van der Waals surface area contributed by atoms with Crippen molar-refractivity contribution in [2.75, 3.05) is 6.61 Å². The van der Waals surface area contributed by atoms with Crippen molar-refractivity contribution in [3.63, 3.8) is 0 Å². The van der Waals surface area contributed by atoms with E-state index in [0.717, 1.165) is 19.4 Å². The monoisotopic (exact) mass is 289 g/mol. The molecule has 1 aromatic heterocycles. The molecule has 2 aromatic rings. The fraction of sp³-hybridized carbons (Fsp3) is 0.438. The van der Waals surface area contributed by atoms with Crippen LogP contribution in [0.25, 0.3) is 11.0 Å². The van der Waals surface area contributed by atoms with E-state index in [9.17, 15) is 9.90 Å². The number of furan rings is 1. The highest BCUT2D eigenvalue weighted by Crippen LogP contribution is 2.26. The number of hydrogen-bond acceptors (Lipinski definition) is 4. The largest absolute Gasteiger partial charge is 0.478 e.